The van der Waals surface area contributed by atoms with Crippen molar-refractivity contribution in [1.29, 1.82) is 0 Å². The largest absolute Gasteiger partial charge is 0.342 e. The molecule has 1 aromatic heterocycles. The fourth-order valence-corrected chi connectivity index (χ4v) is 7.38. The molecule has 15 heteroatoms. The molecule has 2 aliphatic rings. The number of unbranched alkanes of at least 4 members (excludes halogenated alkanes) is 1. The van der Waals surface area contributed by atoms with Crippen LogP contribution in [0, 0.1) is 19.8 Å². The highest BCUT2D eigenvalue weighted by Gasteiger charge is 2.53. The molecular weight excluding hydrogens is 685 g/mol. The van der Waals surface area contributed by atoms with Crippen molar-refractivity contribution in [3.63, 3.8) is 0 Å². The summed E-state index contributed by atoms with van der Waals surface area (Å²) in [6, 6.07) is 6.35. The number of carbonyl (C=O) groups is 2. The topological polar surface area (TPSA) is 120 Å². The van der Waals surface area contributed by atoms with Crippen LogP contribution in [-0.2, 0) is 26.2 Å². The van der Waals surface area contributed by atoms with Gasteiger partial charge in [-0.1, -0.05) is 27.2 Å². The maximum atomic E-state index is 13.6. The molecule has 47 heavy (non-hydrogen) atoms. The molecule has 2 aliphatic heterocycles. The number of sulfonamides is 1. The van der Waals surface area contributed by atoms with E-state index in [1.165, 1.54) is 0 Å². The van der Waals surface area contributed by atoms with Crippen molar-refractivity contribution >= 4 is 59.1 Å². The summed E-state index contributed by atoms with van der Waals surface area (Å²) in [6.45, 7) is 14.0. The number of nitrogens with zero attached hydrogens (tertiary/aromatic N) is 5. The van der Waals surface area contributed by atoms with Crippen LogP contribution < -0.4 is 10.0 Å². The van der Waals surface area contributed by atoms with Crippen molar-refractivity contribution in [3.05, 3.63) is 41.2 Å². The number of likely N-dealkylation sites (N-methyl/N-ethyl adjacent to an activating group) is 1. The van der Waals surface area contributed by atoms with Crippen LogP contribution in [0.2, 0.25) is 0 Å². The Morgan fingerprint density at radius 2 is 1.68 bits per heavy atom. The van der Waals surface area contributed by atoms with Gasteiger partial charge in [-0.15, -0.1) is 37.2 Å². The zero-order valence-corrected chi connectivity index (χ0v) is 32.0. The highest BCUT2D eigenvalue weighted by molar-refractivity contribution is 7.89. The Bertz CT molecular complexity index is 1430. The first-order valence-corrected chi connectivity index (χ1v) is 17.4. The van der Waals surface area contributed by atoms with Crippen LogP contribution in [0.15, 0.2) is 29.2 Å². The minimum absolute atomic E-state index is 0. The third-order valence-electron chi connectivity index (χ3n) is 9.00. The van der Waals surface area contributed by atoms with Crippen LogP contribution in [0.3, 0.4) is 0 Å². The van der Waals surface area contributed by atoms with Gasteiger partial charge >= 0.3 is 0 Å². The Hall–Kier alpha value is -1.93. The molecule has 2 saturated heterocycles. The maximum Gasteiger partial charge on any atom is 0.246 e. The fourth-order valence-electron chi connectivity index (χ4n) is 6.36. The predicted octanol–water partition coefficient (Wildman–Crippen LogP) is 4.10. The minimum atomic E-state index is -3.59. The smallest absolute Gasteiger partial charge is 0.246 e. The Morgan fingerprint density at radius 1 is 1.06 bits per heavy atom. The summed E-state index contributed by atoms with van der Waals surface area (Å²) < 4.78 is 29.9. The first-order valence-electron chi connectivity index (χ1n) is 15.9. The number of likely N-dealkylation sites (tertiary alicyclic amines) is 1. The maximum absolute atomic E-state index is 13.6. The van der Waals surface area contributed by atoms with Crippen LogP contribution >= 0.6 is 37.2 Å². The van der Waals surface area contributed by atoms with Gasteiger partial charge < -0.3 is 15.1 Å². The monoisotopic (exact) mass is 737 g/mol. The fraction of sp³-hybridized carbons (Fsp3) is 0.656. The van der Waals surface area contributed by atoms with E-state index in [1.807, 2.05) is 42.4 Å². The molecule has 1 spiro atoms. The van der Waals surface area contributed by atoms with Gasteiger partial charge in [-0.05, 0) is 83.8 Å². The van der Waals surface area contributed by atoms with E-state index in [0.29, 0.717) is 64.4 Å². The number of rotatable bonds is 13. The number of hydrogen-bond acceptors (Lipinski definition) is 7. The number of piperidine rings is 1. The zero-order chi connectivity index (χ0) is 32.2. The van der Waals surface area contributed by atoms with Crippen molar-refractivity contribution in [2.75, 3.05) is 46.8 Å². The molecular formula is C32H54Cl3N7O4S. The summed E-state index contributed by atoms with van der Waals surface area (Å²) in [6.07, 6.45) is 3.72. The molecule has 0 bridgehead atoms. The lowest BCUT2D eigenvalue weighted by Gasteiger charge is -2.52. The van der Waals surface area contributed by atoms with Gasteiger partial charge in [-0.2, -0.15) is 5.10 Å². The molecule has 11 nitrogen and oxygen atoms in total. The minimum Gasteiger partial charge on any atom is -0.342 e. The van der Waals surface area contributed by atoms with Crippen LogP contribution in [-0.4, -0.2) is 103 Å². The highest BCUT2D eigenvalue weighted by atomic mass is 35.5. The Labute approximate surface area is 299 Å². The normalized spacial score (nSPS) is 18.1. The zero-order valence-electron chi connectivity index (χ0n) is 28.7. The van der Waals surface area contributed by atoms with E-state index in [0.717, 1.165) is 35.5 Å². The van der Waals surface area contributed by atoms with Gasteiger partial charge in [0.1, 0.15) is 11.6 Å². The van der Waals surface area contributed by atoms with Gasteiger partial charge in [-0.3, -0.25) is 14.5 Å². The second kappa shape index (κ2) is 18.2. The summed E-state index contributed by atoms with van der Waals surface area (Å²) in [7, 11) is 0.206. The molecule has 1 aromatic carbocycles. The van der Waals surface area contributed by atoms with Gasteiger partial charge in [0.05, 0.1) is 16.3 Å². The molecule has 4 rings (SSSR count). The number of aromatic nitrogens is 2. The van der Waals surface area contributed by atoms with E-state index < -0.39 is 21.6 Å². The molecule has 1 atom stereocenters. The SMILES string of the molecule is CCCCN1C(=O)[C@H](CC(C)C)NC(=O)C12CCN(Cc1c(C)nn(-c3ccc(S(=O)(=O)NCCN(C)C)cc3)c1C)CC2.Cl.Cl.Cl. The first-order chi connectivity index (χ1) is 20.8. The highest BCUT2D eigenvalue weighted by Crippen LogP contribution is 2.35. The van der Waals surface area contributed by atoms with Crippen molar-refractivity contribution in [3.8, 4) is 5.69 Å². The Kier molecular flexibility index (Phi) is 16.7. The lowest BCUT2D eigenvalue weighted by atomic mass is 9.80. The number of hydrogen-bond donors (Lipinski definition) is 2. The summed E-state index contributed by atoms with van der Waals surface area (Å²) >= 11 is 0. The van der Waals surface area contributed by atoms with Crippen LogP contribution in [0.4, 0.5) is 0 Å². The number of halogens is 3. The summed E-state index contributed by atoms with van der Waals surface area (Å²) in [5, 5.41) is 7.88. The van der Waals surface area contributed by atoms with Crippen LogP contribution in [0.1, 0.15) is 69.8 Å². The van der Waals surface area contributed by atoms with Crippen molar-refractivity contribution in [2.45, 2.75) is 89.7 Å². The van der Waals surface area contributed by atoms with Gasteiger partial charge in [0, 0.05) is 50.5 Å². The second-order valence-electron chi connectivity index (χ2n) is 13.1. The number of benzene rings is 1. The number of aryl methyl sites for hydroxylation is 1. The van der Waals surface area contributed by atoms with E-state index in [2.05, 4.69) is 35.7 Å². The summed E-state index contributed by atoms with van der Waals surface area (Å²) in [4.78, 5) is 33.6. The van der Waals surface area contributed by atoms with Gasteiger partial charge in [0.2, 0.25) is 21.8 Å². The van der Waals surface area contributed by atoms with Gasteiger partial charge in [0.25, 0.3) is 0 Å². The molecule has 0 saturated carbocycles. The molecule has 0 aliphatic carbocycles. The average molecular weight is 739 g/mol. The van der Waals surface area contributed by atoms with E-state index in [1.54, 1.807) is 24.3 Å². The Balaban J connectivity index is 0.00000368. The third-order valence-corrected chi connectivity index (χ3v) is 10.5. The van der Waals surface area contributed by atoms with E-state index in [-0.39, 0.29) is 53.9 Å². The molecule has 2 aromatic rings. The number of nitrogens with one attached hydrogen (secondary N) is 2. The van der Waals surface area contributed by atoms with E-state index >= 15 is 0 Å². The first kappa shape index (κ1) is 43.1. The molecule has 2 fully saturated rings. The second-order valence-corrected chi connectivity index (χ2v) is 14.8. The third kappa shape index (κ3) is 9.83. The molecule has 0 radical (unpaired) electrons. The number of amides is 2. The average Bonchev–Trinajstić information content (AvgIpc) is 3.25. The molecule has 268 valence electrons. The number of carbonyl (C=O) groups excluding carboxylic acids is 2. The van der Waals surface area contributed by atoms with Crippen LogP contribution in [0.25, 0.3) is 5.69 Å². The molecule has 0 unspecified atom stereocenters. The lowest BCUT2D eigenvalue weighted by molar-refractivity contribution is -0.161. The summed E-state index contributed by atoms with van der Waals surface area (Å²) in [5.41, 5.74) is 3.03. The van der Waals surface area contributed by atoms with Gasteiger partial charge in [0.15, 0.2) is 0 Å². The lowest BCUT2D eigenvalue weighted by Crippen LogP contribution is -2.73. The van der Waals surface area contributed by atoms with Gasteiger partial charge in [-0.25, -0.2) is 17.8 Å². The van der Waals surface area contributed by atoms with E-state index in [4.69, 9.17) is 5.10 Å². The van der Waals surface area contributed by atoms with Crippen molar-refractivity contribution in [1.82, 2.24) is 34.5 Å². The molecule has 3 heterocycles. The van der Waals surface area contributed by atoms with Crippen LogP contribution in [0.5, 0.6) is 0 Å². The number of piperazine rings is 1. The molecule has 2 N–H and O–H groups in total. The summed E-state index contributed by atoms with van der Waals surface area (Å²) in [5.74, 6) is 0.384. The predicted molar refractivity (Wildman–Crippen MR) is 194 cm³/mol. The standard InChI is InChI=1S/C32H51N7O4S.3ClH/c1-8-9-17-38-30(40)29(21-23(2)3)34-31(41)32(38)14-18-37(19-15-32)22-28-24(4)35-39(25(28)5)26-10-12-27(13-11-26)44(42,43)33-16-20-36(6)7;;;/h10-13,23,29,33H,8-9,14-22H2,1-7H3,(H,34,41);3*1H/t29-;;;/m0.../s1. The quantitative estimate of drug-likeness (QED) is 0.318. The van der Waals surface area contributed by atoms with Crippen molar-refractivity contribution < 1.29 is 18.0 Å². The van der Waals surface area contributed by atoms with Crippen molar-refractivity contribution in [2.24, 2.45) is 5.92 Å². The van der Waals surface area contributed by atoms with E-state index in [9.17, 15) is 18.0 Å². The Morgan fingerprint density at radius 3 is 2.23 bits per heavy atom. The molecule has 2 amide bonds.